The van der Waals surface area contributed by atoms with E-state index in [4.69, 9.17) is 14.2 Å². The first kappa shape index (κ1) is 61.9. The highest BCUT2D eigenvalue weighted by atomic mass is 16.6. The Morgan fingerprint density at radius 2 is 0.516 bits per heavy atom. The smallest absolute Gasteiger partial charge is 0.306 e. The van der Waals surface area contributed by atoms with Gasteiger partial charge in [0.2, 0.25) is 0 Å². The van der Waals surface area contributed by atoms with Crippen LogP contribution in [0, 0.1) is 0 Å². The number of hydrogen-bond acceptors (Lipinski definition) is 6. The molecule has 0 fully saturated rings. The molecule has 64 heavy (non-hydrogen) atoms. The lowest BCUT2D eigenvalue weighted by atomic mass is 10.0. The van der Waals surface area contributed by atoms with Gasteiger partial charge in [0.1, 0.15) is 13.2 Å². The van der Waals surface area contributed by atoms with E-state index in [1.54, 1.807) is 0 Å². The molecule has 0 rings (SSSR count). The maximum absolute atomic E-state index is 12.8. The summed E-state index contributed by atoms with van der Waals surface area (Å²) in [5.41, 5.74) is 0. The van der Waals surface area contributed by atoms with Gasteiger partial charge < -0.3 is 14.2 Å². The van der Waals surface area contributed by atoms with Crippen molar-refractivity contribution < 1.29 is 28.6 Å². The largest absolute Gasteiger partial charge is 0.462 e. The van der Waals surface area contributed by atoms with E-state index < -0.39 is 6.10 Å². The van der Waals surface area contributed by atoms with Crippen molar-refractivity contribution in [2.75, 3.05) is 13.2 Å². The van der Waals surface area contributed by atoms with Crippen molar-refractivity contribution in [1.82, 2.24) is 0 Å². The summed E-state index contributed by atoms with van der Waals surface area (Å²) >= 11 is 0. The van der Waals surface area contributed by atoms with Crippen LogP contribution < -0.4 is 0 Å². The summed E-state index contributed by atoms with van der Waals surface area (Å²) in [6.45, 7) is 6.64. The van der Waals surface area contributed by atoms with E-state index >= 15 is 0 Å². The molecule has 0 unspecified atom stereocenters. The first-order valence-electron chi connectivity index (χ1n) is 28.3. The molecule has 0 spiro atoms. The lowest BCUT2D eigenvalue weighted by Crippen LogP contribution is -2.30. The van der Waals surface area contributed by atoms with E-state index in [0.717, 1.165) is 70.6 Å². The quantitative estimate of drug-likeness (QED) is 0.0262. The van der Waals surface area contributed by atoms with Crippen LogP contribution in [0.5, 0.6) is 0 Å². The van der Waals surface area contributed by atoms with Crippen LogP contribution >= 0.6 is 0 Å². The number of hydrogen-bond donors (Lipinski definition) is 0. The summed E-state index contributed by atoms with van der Waals surface area (Å²) < 4.78 is 16.8. The van der Waals surface area contributed by atoms with E-state index in [2.05, 4.69) is 45.1 Å². The van der Waals surface area contributed by atoms with Crippen molar-refractivity contribution in [3.63, 3.8) is 0 Å². The Kier molecular flexibility index (Phi) is 51.7. The first-order valence-corrected chi connectivity index (χ1v) is 28.3. The van der Waals surface area contributed by atoms with Crippen LogP contribution in [0.15, 0.2) is 24.3 Å². The number of allylic oxidation sites excluding steroid dienone is 4. The van der Waals surface area contributed by atoms with Gasteiger partial charge in [-0.05, 0) is 70.6 Å². The highest BCUT2D eigenvalue weighted by Gasteiger charge is 2.19. The minimum absolute atomic E-state index is 0.0730. The minimum atomic E-state index is -0.774. The van der Waals surface area contributed by atoms with Gasteiger partial charge in [-0.25, -0.2) is 0 Å². The average Bonchev–Trinajstić information content (AvgIpc) is 3.29. The van der Waals surface area contributed by atoms with Crippen molar-refractivity contribution in [3.05, 3.63) is 24.3 Å². The fourth-order valence-corrected chi connectivity index (χ4v) is 8.37. The molecule has 0 saturated heterocycles. The zero-order valence-corrected chi connectivity index (χ0v) is 43.1. The van der Waals surface area contributed by atoms with Gasteiger partial charge in [0, 0.05) is 19.3 Å². The molecule has 376 valence electrons. The highest BCUT2D eigenvalue weighted by molar-refractivity contribution is 5.71. The zero-order valence-electron chi connectivity index (χ0n) is 43.1. The Morgan fingerprint density at radius 3 is 0.797 bits per heavy atom. The monoisotopic (exact) mass is 901 g/mol. The first-order chi connectivity index (χ1) is 31.5. The normalized spacial score (nSPS) is 12.1. The molecule has 0 aliphatic carbocycles. The molecule has 0 aliphatic heterocycles. The molecule has 0 bridgehead atoms. The van der Waals surface area contributed by atoms with Crippen LogP contribution in [-0.4, -0.2) is 37.2 Å². The van der Waals surface area contributed by atoms with E-state index in [9.17, 15) is 14.4 Å². The lowest BCUT2D eigenvalue weighted by Gasteiger charge is -2.18. The van der Waals surface area contributed by atoms with E-state index in [1.807, 2.05) is 0 Å². The minimum Gasteiger partial charge on any atom is -0.462 e. The highest BCUT2D eigenvalue weighted by Crippen LogP contribution is 2.16. The summed E-state index contributed by atoms with van der Waals surface area (Å²) in [5, 5.41) is 0. The molecule has 6 nitrogen and oxygen atoms in total. The van der Waals surface area contributed by atoms with Crippen molar-refractivity contribution in [2.45, 2.75) is 316 Å². The lowest BCUT2D eigenvalue weighted by molar-refractivity contribution is -0.167. The topological polar surface area (TPSA) is 78.9 Å². The van der Waals surface area contributed by atoms with Gasteiger partial charge in [-0.3, -0.25) is 14.4 Å². The fraction of sp³-hybridized carbons (Fsp3) is 0.879. The van der Waals surface area contributed by atoms with Gasteiger partial charge in [-0.2, -0.15) is 0 Å². The Labute approximate surface area is 398 Å². The fourth-order valence-electron chi connectivity index (χ4n) is 8.37. The van der Waals surface area contributed by atoms with E-state index in [0.29, 0.717) is 19.3 Å². The van der Waals surface area contributed by atoms with Gasteiger partial charge in [-0.1, -0.05) is 244 Å². The molecular weight excluding hydrogens is 793 g/mol. The van der Waals surface area contributed by atoms with Crippen LogP contribution in [0.4, 0.5) is 0 Å². The number of carbonyl (C=O) groups excluding carboxylic acids is 3. The third-order valence-electron chi connectivity index (χ3n) is 12.7. The third-order valence-corrected chi connectivity index (χ3v) is 12.7. The average molecular weight is 901 g/mol. The Balaban J connectivity index is 4.31. The maximum atomic E-state index is 12.8. The van der Waals surface area contributed by atoms with Gasteiger partial charge in [0.25, 0.3) is 0 Å². The van der Waals surface area contributed by atoms with Gasteiger partial charge >= 0.3 is 17.9 Å². The van der Waals surface area contributed by atoms with Gasteiger partial charge in [-0.15, -0.1) is 0 Å². The Morgan fingerprint density at radius 1 is 0.297 bits per heavy atom. The summed E-state index contributed by atoms with van der Waals surface area (Å²) in [5.74, 6) is -0.873. The molecule has 0 aromatic heterocycles. The van der Waals surface area contributed by atoms with Crippen LogP contribution in [-0.2, 0) is 28.6 Å². The molecule has 0 aromatic carbocycles. The van der Waals surface area contributed by atoms with Crippen molar-refractivity contribution in [2.24, 2.45) is 0 Å². The second kappa shape index (κ2) is 53.5. The van der Waals surface area contributed by atoms with E-state index in [-0.39, 0.29) is 31.1 Å². The second-order valence-electron chi connectivity index (χ2n) is 19.2. The molecule has 1 atom stereocenters. The zero-order chi connectivity index (χ0) is 46.5. The summed E-state index contributed by atoms with van der Waals surface area (Å²) in [4.78, 5) is 38.1. The molecule has 0 radical (unpaired) electrons. The Bertz CT molecular complexity index is 1040. The summed E-state index contributed by atoms with van der Waals surface area (Å²) in [6.07, 6.45) is 61.7. The third kappa shape index (κ3) is 50.9. The molecule has 0 N–H and O–H groups in total. The molecule has 0 amide bonds. The van der Waals surface area contributed by atoms with Crippen LogP contribution in [0.3, 0.4) is 0 Å². The number of ether oxygens (including phenoxy) is 3. The summed E-state index contributed by atoms with van der Waals surface area (Å²) in [6, 6.07) is 0. The number of esters is 3. The number of carbonyl (C=O) groups is 3. The van der Waals surface area contributed by atoms with Crippen molar-refractivity contribution in [3.8, 4) is 0 Å². The molecule has 6 heteroatoms. The number of unbranched alkanes of at least 4 members (excludes halogenated alkanes) is 37. The molecule has 0 saturated carbocycles. The van der Waals surface area contributed by atoms with Gasteiger partial charge in [0.05, 0.1) is 0 Å². The maximum Gasteiger partial charge on any atom is 0.306 e. The molecule has 0 heterocycles. The van der Waals surface area contributed by atoms with Gasteiger partial charge in [0.15, 0.2) is 6.10 Å². The number of rotatable bonds is 52. The van der Waals surface area contributed by atoms with Crippen LogP contribution in [0.25, 0.3) is 0 Å². The SMILES string of the molecule is CCCCCC/C=C\CCCCCCCC(=O)OC[C@H](COC(=O)CCCCCCCCCCCCCCCCCCCCC)OC(=O)CCCCCCC/C=C\CCCCCCC. The molecular formula is C58H108O6. The molecule has 0 aromatic rings. The predicted octanol–water partition coefficient (Wildman–Crippen LogP) is 18.7. The molecule has 0 aliphatic rings. The van der Waals surface area contributed by atoms with E-state index in [1.165, 1.54) is 199 Å². The summed E-state index contributed by atoms with van der Waals surface area (Å²) in [7, 11) is 0. The predicted molar refractivity (Wildman–Crippen MR) is 275 cm³/mol. The Hall–Kier alpha value is -2.11. The van der Waals surface area contributed by atoms with Crippen LogP contribution in [0.1, 0.15) is 310 Å². The van der Waals surface area contributed by atoms with Crippen molar-refractivity contribution in [1.29, 1.82) is 0 Å². The standard InChI is InChI=1S/C58H108O6/c1-4-7-10-13-16-19-22-25-27-28-29-30-31-34-36-39-42-45-48-51-57(60)63-54-55(53-62-56(59)50-47-44-41-38-35-32-24-21-18-15-12-9-6-3)64-58(61)52-49-46-43-40-37-33-26-23-20-17-14-11-8-5-2/h21,23-24,26,55H,4-20,22,25,27-54H2,1-3H3/b24-21-,26-23-/t55-/m1/s1. The van der Waals surface area contributed by atoms with Crippen LogP contribution in [0.2, 0.25) is 0 Å². The second-order valence-corrected chi connectivity index (χ2v) is 19.2. The van der Waals surface area contributed by atoms with Crippen molar-refractivity contribution >= 4 is 17.9 Å².